The third-order valence-electron chi connectivity index (χ3n) is 3.34. The highest BCUT2D eigenvalue weighted by atomic mass is 19.1. The molecule has 0 spiro atoms. The van der Waals surface area contributed by atoms with Gasteiger partial charge in [0.15, 0.2) is 5.82 Å². The van der Waals surface area contributed by atoms with Crippen molar-refractivity contribution in [2.45, 2.75) is 26.7 Å². The van der Waals surface area contributed by atoms with Crippen molar-refractivity contribution < 1.29 is 4.39 Å². The monoisotopic (exact) mass is 276 g/mol. The van der Waals surface area contributed by atoms with Gasteiger partial charge in [0.05, 0.1) is 17.1 Å². The molecule has 0 aliphatic heterocycles. The van der Waals surface area contributed by atoms with Gasteiger partial charge in [0, 0.05) is 13.6 Å². The van der Waals surface area contributed by atoms with E-state index in [1.807, 2.05) is 38.8 Å². The molecule has 4 nitrogen and oxygen atoms in total. The number of aromatic nitrogens is 2. The Morgan fingerprint density at radius 1 is 1.35 bits per heavy atom. The van der Waals surface area contributed by atoms with Crippen molar-refractivity contribution in [3.8, 4) is 0 Å². The van der Waals surface area contributed by atoms with Gasteiger partial charge in [-0.05, 0) is 25.0 Å². The fraction of sp³-hybridized carbons (Fsp3) is 0.400. The van der Waals surface area contributed by atoms with Crippen LogP contribution in [-0.4, -0.2) is 16.3 Å². The normalized spacial score (nSPS) is 11.1. The van der Waals surface area contributed by atoms with Crippen LogP contribution in [0, 0.1) is 5.82 Å². The van der Waals surface area contributed by atoms with Crippen LogP contribution in [0.2, 0.25) is 0 Å². The standard InChI is InChI=1S/C15H21FN4/c1-5-20(12-9-7-6-8-11(12)16)15-13(17)14(10(2)3)18-19(15)4/h6-10H,5,17H2,1-4H3. The number of benzene rings is 1. The Labute approximate surface area is 119 Å². The lowest BCUT2D eigenvalue weighted by Crippen LogP contribution is -2.21. The quantitative estimate of drug-likeness (QED) is 0.930. The van der Waals surface area contributed by atoms with Gasteiger partial charge < -0.3 is 10.6 Å². The number of rotatable bonds is 4. The predicted molar refractivity (Wildman–Crippen MR) is 80.8 cm³/mol. The number of nitrogen functional groups attached to an aromatic ring is 1. The van der Waals surface area contributed by atoms with Gasteiger partial charge in [-0.15, -0.1) is 0 Å². The van der Waals surface area contributed by atoms with Crippen molar-refractivity contribution >= 4 is 17.2 Å². The van der Waals surface area contributed by atoms with Crippen molar-refractivity contribution in [3.63, 3.8) is 0 Å². The Bertz CT molecular complexity index is 604. The second kappa shape index (κ2) is 5.53. The number of halogens is 1. The molecule has 0 fully saturated rings. The van der Waals surface area contributed by atoms with E-state index in [1.54, 1.807) is 16.8 Å². The Morgan fingerprint density at radius 3 is 2.50 bits per heavy atom. The summed E-state index contributed by atoms with van der Waals surface area (Å²) in [4.78, 5) is 1.85. The highest BCUT2D eigenvalue weighted by molar-refractivity contribution is 5.74. The average molecular weight is 276 g/mol. The second-order valence-electron chi connectivity index (χ2n) is 5.10. The minimum Gasteiger partial charge on any atom is -0.394 e. The molecule has 20 heavy (non-hydrogen) atoms. The van der Waals surface area contributed by atoms with E-state index in [2.05, 4.69) is 5.10 Å². The van der Waals surface area contributed by atoms with Crippen molar-refractivity contribution in [1.82, 2.24) is 9.78 Å². The zero-order chi connectivity index (χ0) is 14.9. The molecule has 2 N–H and O–H groups in total. The lowest BCUT2D eigenvalue weighted by molar-refractivity contribution is 0.623. The molecule has 2 aromatic rings. The Hall–Kier alpha value is -2.04. The summed E-state index contributed by atoms with van der Waals surface area (Å²) in [5.41, 5.74) is 8.20. The van der Waals surface area contributed by atoms with Crippen LogP contribution in [0.4, 0.5) is 21.6 Å². The van der Waals surface area contributed by atoms with Gasteiger partial charge in [-0.3, -0.25) is 4.68 Å². The topological polar surface area (TPSA) is 47.1 Å². The summed E-state index contributed by atoms with van der Waals surface area (Å²) < 4.78 is 15.8. The number of anilines is 3. The van der Waals surface area contributed by atoms with E-state index in [9.17, 15) is 4.39 Å². The maximum absolute atomic E-state index is 14.0. The molecular weight excluding hydrogens is 255 g/mol. The van der Waals surface area contributed by atoms with E-state index in [0.29, 0.717) is 17.9 Å². The summed E-state index contributed by atoms with van der Waals surface area (Å²) in [5, 5.41) is 4.46. The summed E-state index contributed by atoms with van der Waals surface area (Å²) in [5.74, 6) is 0.705. The summed E-state index contributed by atoms with van der Waals surface area (Å²) >= 11 is 0. The van der Waals surface area contributed by atoms with E-state index in [0.717, 1.165) is 11.5 Å². The molecule has 0 aliphatic rings. The number of hydrogen-bond donors (Lipinski definition) is 1. The molecule has 1 aromatic carbocycles. The minimum absolute atomic E-state index is 0.231. The Morgan fingerprint density at radius 2 is 2.00 bits per heavy atom. The number of nitrogens with zero attached hydrogens (tertiary/aromatic N) is 3. The molecule has 1 aromatic heterocycles. The fourth-order valence-electron chi connectivity index (χ4n) is 2.40. The minimum atomic E-state index is -0.263. The van der Waals surface area contributed by atoms with Gasteiger partial charge in [-0.2, -0.15) is 5.10 Å². The first-order valence-corrected chi connectivity index (χ1v) is 6.81. The van der Waals surface area contributed by atoms with Crippen molar-refractivity contribution in [1.29, 1.82) is 0 Å². The molecule has 0 bridgehead atoms. The lowest BCUT2D eigenvalue weighted by atomic mass is 10.1. The number of para-hydroxylation sites is 1. The number of nitrogens with two attached hydrogens (primary N) is 1. The van der Waals surface area contributed by atoms with Crippen LogP contribution in [0.25, 0.3) is 0 Å². The summed E-state index contributed by atoms with van der Waals surface area (Å²) in [6.45, 7) is 6.67. The molecule has 1 heterocycles. The van der Waals surface area contributed by atoms with E-state index in [4.69, 9.17) is 5.73 Å². The smallest absolute Gasteiger partial charge is 0.154 e. The van der Waals surface area contributed by atoms with Crippen LogP contribution in [-0.2, 0) is 7.05 Å². The van der Waals surface area contributed by atoms with Crippen molar-refractivity contribution in [2.24, 2.45) is 7.05 Å². The van der Waals surface area contributed by atoms with Crippen molar-refractivity contribution in [2.75, 3.05) is 17.2 Å². The Kier molecular flexibility index (Phi) is 3.97. The molecular formula is C15H21FN4. The third kappa shape index (κ3) is 2.35. The number of hydrogen-bond acceptors (Lipinski definition) is 3. The molecule has 0 atom stereocenters. The van der Waals surface area contributed by atoms with Crippen LogP contribution < -0.4 is 10.6 Å². The van der Waals surface area contributed by atoms with Crippen LogP contribution in [0.1, 0.15) is 32.4 Å². The zero-order valence-corrected chi connectivity index (χ0v) is 12.4. The first kappa shape index (κ1) is 14.4. The van der Waals surface area contributed by atoms with Gasteiger partial charge in [-0.25, -0.2) is 4.39 Å². The average Bonchev–Trinajstić information content (AvgIpc) is 2.70. The molecule has 2 rings (SSSR count). The first-order valence-electron chi connectivity index (χ1n) is 6.81. The van der Waals surface area contributed by atoms with Crippen LogP contribution in [0.3, 0.4) is 0 Å². The molecule has 0 saturated carbocycles. The SMILES string of the molecule is CCN(c1ccccc1F)c1c(N)c(C(C)C)nn1C. The summed E-state index contributed by atoms with van der Waals surface area (Å²) in [7, 11) is 1.83. The van der Waals surface area contributed by atoms with Gasteiger partial charge in [0.25, 0.3) is 0 Å². The summed E-state index contributed by atoms with van der Waals surface area (Å²) in [6, 6.07) is 6.70. The zero-order valence-electron chi connectivity index (χ0n) is 12.4. The third-order valence-corrected chi connectivity index (χ3v) is 3.34. The second-order valence-corrected chi connectivity index (χ2v) is 5.10. The molecule has 5 heteroatoms. The van der Waals surface area contributed by atoms with Crippen molar-refractivity contribution in [3.05, 3.63) is 35.8 Å². The van der Waals surface area contributed by atoms with Crippen LogP contribution in [0.5, 0.6) is 0 Å². The molecule has 0 aliphatic carbocycles. The predicted octanol–water partition coefficient (Wildman–Crippen LogP) is 3.42. The molecule has 0 amide bonds. The highest BCUT2D eigenvalue weighted by Crippen LogP contribution is 2.35. The van der Waals surface area contributed by atoms with Gasteiger partial charge in [0.1, 0.15) is 5.82 Å². The largest absolute Gasteiger partial charge is 0.394 e. The van der Waals surface area contributed by atoms with E-state index >= 15 is 0 Å². The maximum Gasteiger partial charge on any atom is 0.154 e. The number of aryl methyl sites for hydroxylation is 1. The molecule has 108 valence electrons. The molecule has 0 radical (unpaired) electrons. The van der Waals surface area contributed by atoms with Crippen LogP contribution >= 0.6 is 0 Å². The van der Waals surface area contributed by atoms with Crippen LogP contribution in [0.15, 0.2) is 24.3 Å². The Balaban J connectivity index is 2.56. The van der Waals surface area contributed by atoms with E-state index in [1.165, 1.54) is 6.07 Å². The van der Waals surface area contributed by atoms with Gasteiger partial charge in [-0.1, -0.05) is 26.0 Å². The van der Waals surface area contributed by atoms with E-state index in [-0.39, 0.29) is 11.7 Å². The molecule has 0 saturated heterocycles. The van der Waals surface area contributed by atoms with E-state index < -0.39 is 0 Å². The van der Waals surface area contributed by atoms with Gasteiger partial charge >= 0.3 is 0 Å². The summed E-state index contributed by atoms with van der Waals surface area (Å²) in [6.07, 6.45) is 0. The fourth-order valence-corrected chi connectivity index (χ4v) is 2.40. The molecule has 0 unspecified atom stereocenters. The lowest BCUT2D eigenvalue weighted by Gasteiger charge is -2.24. The first-order chi connectivity index (χ1) is 9.47. The maximum atomic E-state index is 14.0. The van der Waals surface area contributed by atoms with Gasteiger partial charge in [0.2, 0.25) is 0 Å². The highest BCUT2D eigenvalue weighted by Gasteiger charge is 2.22.